The number of hydrogen-bond donors (Lipinski definition) is 0. The van der Waals surface area contributed by atoms with Crippen LogP contribution in [-0.2, 0) is 9.53 Å². The Morgan fingerprint density at radius 1 is 1.58 bits per heavy atom. The van der Waals surface area contributed by atoms with Crippen LogP contribution in [0.2, 0.25) is 0 Å². The number of carbonyl (C=O) groups is 2. The van der Waals surface area contributed by atoms with E-state index in [1.165, 1.54) is 0 Å². The molecular formula is C8H11NO3. The maximum atomic E-state index is 11.2. The van der Waals surface area contributed by atoms with Crippen LogP contribution in [0.1, 0.15) is 27.2 Å². The summed E-state index contributed by atoms with van der Waals surface area (Å²) in [5.41, 5.74) is -0.612. The molecule has 0 aliphatic carbocycles. The lowest BCUT2D eigenvalue weighted by Crippen LogP contribution is -2.35. The molecule has 0 N–H and O–H groups in total. The molecule has 0 unspecified atom stereocenters. The molecule has 0 radical (unpaired) electrons. The molecule has 4 heteroatoms. The van der Waals surface area contributed by atoms with E-state index < -0.39 is 11.7 Å². The summed E-state index contributed by atoms with van der Waals surface area (Å²) in [6.45, 7) is 5.04. The number of ketones is 1. The Bertz CT molecular complexity index is 265. The second-order valence-corrected chi connectivity index (χ2v) is 3.12. The van der Waals surface area contributed by atoms with E-state index in [0.29, 0.717) is 6.42 Å². The van der Waals surface area contributed by atoms with Gasteiger partial charge in [0.15, 0.2) is 11.4 Å². The minimum Gasteiger partial charge on any atom is -0.435 e. The Morgan fingerprint density at radius 2 is 2.17 bits per heavy atom. The topological polar surface area (TPSA) is 55.7 Å². The molecule has 0 aromatic carbocycles. The molecule has 1 amide bonds. The van der Waals surface area contributed by atoms with Crippen LogP contribution in [-0.4, -0.2) is 23.2 Å². The van der Waals surface area contributed by atoms with E-state index >= 15 is 0 Å². The number of Topliss-reactive ketones (excluding diaryl/α,β-unsaturated/α-hetero) is 1. The van der Waals surface area contributed by atoms with Gasteiger partial charge in [-0.1, -0.05) is 6.92 Å². The van der Waals surface area contributed by atoms with E-state index in [9.17, 15) is 9.59 Å². The van der Waals surface area contributed by atoms with E-state index in [2.05, 4.69) is 4.99 Å². The highest BCUT2D eigenvalue weighted by Gasteiger charge is 2.39. The highest BCUT2D eigenvalue weighted by molar-refractivity contribution is 6.45. The molecule has 0 aromatic rings. The Morgan fingerprint density at radius 3 is 2.50 bits per heavy atom. The third-order valence-corrected chi connectivity index (χ3v) is 1.70. The highest BCUT2D eigenvalue weighted by atomic mass is 16.6. The molecule has 1 rings (SSSR count). The average Bonchev–Trinajstić information content (AvgIpc) is 2.23. The van der Waals surface area contributed by atoms with Crippen LogP contribution in [0.15, 0.2) is 4.99 Å². The maximum absolute atomic E-state index is 11.2. The van der Waals surface area contributed by atoms with Gasteiger partial charge in [-0.25, -0.2) is 4.79 Å². The van der Waals surface area contributed by atoms with Crippen molar-refractivity contribution >= 4 is 17.6 Å². The number of amides is 1. The predicted octanol–water partition coefficient (Wildman–Crippen LogP) is 1.34. The zero-order valence-electron chi connectivity index (χ0n) is 7.38. The quantitative estimate of drug-likeness (QED) is 0.626. The largest absolute Gasteiger partial charge is 0.435 e. The van der Waals surface area contributed by atoms with Crippen molar-refractivity contribution in [3.05, 3.63) is 0 Å². The monoisotopic (exact) mass is 169 g/mol. The lowest BCUT2D eigenvalue weighted by atomic mass is 9.98. The first kappa shape index (κ1) is 8.90. The molecule has 1 aliphatic rings. The Hall–Kier alpha value is -1.19. The molecule has 1 heterocycles. The summed E-state index contributed by atoms with van der Waals surface area (Å²) in [6, 6.07) is 0. The lowest BCUT2D eigenvalue weighted by molar-refractivity contribution is -0.113. The average molecular weight is 169 g/mol. The first-order valence-corrected chi connectivity index (χ1v) is 3.82. The first-order valence-electron chi connectivity index (χ1n) is 3.82. The third-order valence-electron chi connectivity index (χ3n) is 1.70. The fraction of sp³-hybridized carbons (Fsp3) is 0.625. The van der Waals surface area contributed by atoms with E-state index in [1.54, 1.807) is 20.8 Å². The van der Waals surface area contributed by atoms with Gasteiger partial charge >= 0.3 is 6.09 Å². The van der Waals surface area contributed by atoms with Crippen LogP contribution in [0.4, 0.5) is 4.79 Å². The fourth-order valence-corrected chi connectivity index (χ4v) is 1.08. The van der Waals surface area contributed by atoms with Crippen molar-refractivity contribution in [2.45, 2.75) is 32.8 Å². The molecule has 0 spiro atoms. The number of hydrogen-bond acceptors (Lipinski definition) is 3. The van der Waals surface area contributed by atoms with Crippen LogP contribution in [0.25, 0.3) is 0 Å². The summed E-state index contributed by atoms with van der Waals surface area (Å²) in [7, 11) is 0. The Kier molecular flexibility index (Phi) is 2.00. The van der Waals surface area contributed by atoms with Crippen molar-refractivity contribution in [3.63, 3.8) is 0 Å². The Labute approximate surface area is 70.6 Å². The van der Waals surface area contributed by atoms with E-state index in [4.69, 9.17) is 4.74 Å². The summed E-state index contributed by atoms with van der Waals surface area (Å²) in [6.07, 6.45) is -0.323. The summed E-state index contributed by atoms with van der Waals surface area (Å²) in [5.74, 6) is -0.133. The molecule has 0 saturated heterocycles. The molecule has 0 bridgehead atoms. The van der Waals surface area contributed by atoms with Crippen molar-refractivity contribution in [2.75, 3.05) is 0 Å². The minimum atomic E-state index is -0.843. The van der Waals surface area contributed by atoms with Gasteiger partial charge in [-0.3, -0.25) is 4.79 Å². The fourth-order valence-electron chi connectivity index (χ4n) is 1.08. The van der Waals surface area contributed by atoms with E-state index in [0.717, 1.165) is 0 Å². The number of nitrogens with zero attached hydrogens (tertiary/aromatic N) is 1. The number of aliphatic imine (C=N–C) groups is 1. The normalized spacial score (nSPS) is 20.2. The molecule has 0 aromatic heterocycles. The Balaban J connectivity index is 2.95. The molecule has 4 nitrogen and oxygen atoms in total. The summed E-state index contributed by atoms with van der Waals surface area (Å²) in [4.78, 5) is 25.5. The van der Waals surface area contributed by atoms with E-state index in [1.807, 2.05) is 0 Å². The molecule has 0 fully saturated rings. The van der Waals surface area contributed by atoms with Crippen LogP contribution in [0.3, 0.4) is 0 Å². The van der Waals surface area contributed by atoms with Gasteiger partial charge < -0.3 is 4.74 Å². The van der Waals surface area contributed by atoms with Gasteiger partial charge in [0, 0.05) is 6.42 Å². The van der Waals surface area contributed by atoms with Crippen molar-refractivity contribution in [1.29, 1.82) is 0 Å². The second kappa shape index (κ2) is 2.69. The maximum Gasteiger partial charge on any atom is 0.435 e. The molecule has 0 atom stereocenters. The van der Waals surface area contributed by atoms with Gasteiger partial charge in [-0.15, -0.1) is 0 Å². The summed E-state index contributed by atoms with van der Waals surface area (Å²) >= 11 is 0. The molecular weight excluding hydrogens is 158 g/mol. The first-order chi connectivity index (χ1) is 5.47. The standard InChI is InChI=1S/C8H11NO3/c1-4-5(10)6-8(2,3)12-7(11)9-6/h4H2,1-3H3. The predicted molar refractivity (Wildman–Crippen MR) is 43.3 cm³/mol. The lowest BCUT2D eigenvalue weighted by Gasteiger charge is -2.17. The van der Waals surface area contributed by atoms with Gasteiger partial charge in [-0.2, -0.15) is 4.99 Å². The van der Waals surface area contributed by atoms with Crippen molar-refractivity contribution in [3.8, 4) is 0 Å². The zero-order valence-corrected chi connectivity index (χ0v) is 7.38. The summed E-state index contributed by atoms with van der Waals surface area (Å²) in [5, 5.41) is 0. The van der Waals surface area contributed by atoms with Gasteiger partial charge in [0.05, 0.1) is 0 Å². The van der Waals surface area contributed by atoms with Crippen LogP contribution < -0.4 is 0 Å². The number of ether oxygens (including phenoxy) is 1. The smallest absolute Gasteiger partial charge is 0.435 e. The van der Waals surface area contributed by atoms with Crippen molar-refractivity contribution in [1.82, 2.24) is 0 Å². The minimum absolute atomic E-state index is 0.133. The van der Waals surface area contributed by atoms with Crippen molar-refractivity contribution in [2.24, 2.45) is 4.99 Å². The van der Waals surface area contributed by atoms with Crippen LogP contribution >= 0.6 is 0 Å². The highest BCUT2D eigenvalue weighted by Crippen LogP contribution is 2.20. The second-order valence-electron chi connectivity index (χ2n) is 3.12. The van der Waals surface area contributed by atoms with Gasteiger partial charge in [0.2, 0.25) is 0 Å². The van der Waals surface area contributed by atoms with Crippen molar-refractivity contribution < 1.29 is 14.3 Å². The molecule has 0 saturated carbocycles. The molecule has 12 heavy (non-hydrogen) atoms. The number of cyclic esters (lactones) is 1. The van der Waals surface area contributed by atoms with E-state index in [-0.39, 0.29) is 11.5 Å². The van der Waals surface area contributed by atoms with Gasteiger partial charge in [0.25, 0.3) is 0 Å². The SMILES string of the molecule is CCC(=O)C1=NC(=O)OC1(C)C. The summed E-state index contributed by atoms with van der Waals surface area (Å²) < 4.78 is 4.82. The third kappa shape index (κ3) is 1.37. The van der Waals surface area contributed by atoms with Gasteiger partial charge in [0.1, 0.15) is 5.71 Å². The zero-order chi connectivity index (χ0) is 9.35. The molecule has 66 valence electrons. The van der Waals surface area contributed by atoms with Crippen LogP contribution in [0.5, 0.6) is 0 Å². The molecule has 1 aliphatic heterocycles. The van der Waals surface area contributed by atoms with Crippen LogP contribution in [0, 0.1) is 0 Å². The van der Waals surface area contributed by atoms with Gasteiger partial charge in [-0.05, 0) is 13.8 Å². The number of rotatable bonds is 2. The number of carbonyl (C=O) groups excluding carboxylic acids is 2.